The van der Waals surface area contributed by atoms with Crippen molar-refractivity contribution in [3.8, 4) is 0 Å². The van der Waals surface area contributed by atoms with Crippen molar-refractivity contribution in [2.24, 2.45) is 0 Å². The second kappa shape index (κ2) is 6.18. The fourth-order valence-electron chi connectivity index (χ4n) is 1.49. The number of sulfone groups is 2. The molecule has 0 saturated carbocycles. The molecule has 0 aromatic rings. The summed E-state index contributed by atoms with van der Waals surface area (Å²) < 4.78 is 47.2. The monoisotopic (exact) mass is 284 g/mol. The quantitative estimate of drug-likeness (QED) is 0.718. The van der Waals surface area contributed by atoms with Crippen LogP contribution in [0.15, 0.2) is 0 Å². The highest BCUT2D eigenvalue weighted by Gasteiger charge is 2.40. The van der Waals surface area contributed by atoms with Crippen LogP contribution in [0, 0.1) is 0 Å². The third-order valence-corrected chi connectivity index (χ3v) is 9.02. The second-order valence-corrected chi connectivity index (χ2v) is 10.5. The summed E-state index contributed by atoms with van der Waals surface area (Å²) >= 11 is 0. The standard InChI is InChI=1S/C11H24O4S2/c1-6-7-8-11(16(12,13)9(2)3)17(14,15)10(4)5/h9-11H,6-8H2,1-5H3. The highest BCUT2D eigenvalue weighted by molar-refractivity contribution is 8.09. The minimum absolute atomic E-state index is 0.206. The van der Waals surface area contributed by atoms with Crippen molar-refractivity contribution in [3.05, 3.63) is 0 Å². The Morgan fingerprint density at radius 1 is 0.824 bits per heavy atom. The topological polar surface area (TPSA) is 68.3 Å². The molecule has 0 aromatic carbocycles. The Morgan fingerprint density at radius 3 is 1.41 bits per heavy atom. The van der Waals surface area contributed by atoms with Gasteiger partial charge in [0.1, 0.15) is 0 Å². The zero-order chi connectivity index (χ0) is 13.9. The first-order valence-corrected chi connectivity index (χ1v) is 9.25. The largest absolute Gasteiger partial charge is 0.227 e. The molecule has 0 aromatic heterocycles. The number of rotatable bonds is 7. The molecule has 6 heteroatoms. The molecule has 0 spiro atoms. The minimum atomic E-state index is -3.60. The molecular formula is C11H24O4S2. The molecular weight excluding hydrogens is 260 g/mol. The summed E-state index contributed by atoms with van der Waals surface area (Å²) in [5.74, 6) is 0. The molecule has 0 saturated heterocycles. The first-order valence-electron chi connectivity index (χ1n) is 6.03. The lowest BCUT2D eigenvalue weighted by atomic mass is 10.3. The number of hydrogen-bond acceptors (Lipinski definition) is 4. The van der Waals surface area contributed by atoms with Crippen molar-refractivity contribution in [2.45, 2.75) is 69.0 Å². The average Bonchev–Trinajstić information content (AvgIpc) is 2.17. The maximum atomic E-state index is 12.1. The van der Waals surface area contributed by atoms with Crippen LogP contribution in [0.25, 0.3) is 0 Å². The summed E-state index contributed by atoms with van der Waals surface area (Å²) in [5.41, 5.74) is 0. The summed E-state index contributed by atoms with van der Waals surface area (Å²) in [5, 5.41) is -1.31. The molecule has 0 aliphatic rings. The van der Waals surface area contributed by atoms with Crippen LogP contribution >= 0.6 is 0 Å². The van der Waals surface area contributed by atoms with Gasteiger partial charge in [-0.1, -0.05) is 19.8 Å². The fourth-order valence-corrected chi connectivity index (χ4v) is 6.53. The van der Waals surface area contributed by atoms with Gasteiger partial charge in [0.05, 0.1) is 10.5 Å². The van der Waals surface area contributed by atoms with Gasteiger partial charge in [0.15, 0.2) is 24.3 Å². The SMILES string of the molecule is CCCCC(S(=O)(=O)C(C)C)S(=O)(=O)C(C)C. The van der Waals surface area contributed by atoms with Gasteiger partial charge in [-0.3, -0.25) is 0 Å². The molecule has 0 N–H and O–H groups in total. The van der Waals surface area contributed by atoms with Crippen molar-refractivity contribution >= 4 is 19.7 Å². The van der Waals surface area contributed by atoms with Gasteiger partial charge in [-0.05, 0) is 34.1 Å². The molecule has 0 bridgehead atoms. The first kappa shape index (κ1) is 16.9. The van der Waals surface area contributed by atoms with Crippen molar-refractivity contribution in [2.75, 3.05) is 0 Å². The Kier molecular flexibility index (Phi) is 6.14. The third kappa shape index (κ3) is 3.95. The number of unbranched alkanes of at least 4 members (excludes halogenated alkanes) is 1. The van der Waals surface area contributed by atoms with Crippen LogP contribution in [0.1, 0.15) is 53.9 Å². The zero-order valence-electron chi connectivity index (χ0n) is 11.3. The van der Waals surface area contributed by atoms with Crippen LogP contribution in [-0.4, -0.2) is 31.9 Å². The Morgan fingerprint density at radius 2 is 1.18 bits per heavy atom. The molecule has 4 nitrogen and oxygen atoms in total. The lowest BCUT2D eigenvalue weighted by molar-refractivity contribution is 0.554. The van der Waals surface area contributed by atoms with E-state index in [4.69, 9.17) is 0 Å². The maximum Gasteiger partial charge on any atom is 0.169 e. The summed E-state index contributed by atoms with van der Waals surface area (Å²) in [4.78, 5) is 0. The average molecular weight is 284 g/mol. The fraction of sp³-hybridized carbons (Fsp3) is 1.00. The predicted molar refractivity (Wildman–Crippen MR) is 71.4 cm³/mol. The Bertz CT molecular complexity index is 380. The van der Waals surface area contributed by atoms with E-state index in [9.17, 15) is 16.8 Å². The van der Waals surface area contributed by atoms with Crippen molar-refractivity contribution in [1.29, 1.82) is 0 Å². The van der Waals surface area contributed by atoms with Gasteiger partial charge in [0.25, 0.3) is 0 Å². The molecule has 0 unspecified atom stereocenters. The van der Waals surface area contributed by atoms with Gasteiger partial charge in [-0.15, -0.1) is 0 Å². The maximum absolute atomic E-state index is 12.1. The van der Waals surface area contributed by atoms with E-state index < -0.39 is 34.8 Å². The number of hydrogen-bond donors (Lipinski definition) is 0. The smallest absolute Gasteiger partial charge is 0.169 e. The highest BCUT2D eigenvalue weighted by atomic mass is 32.3. The van der Waals surface area contributed by atoms with E-state index in [0.29, 0.717) is 6.42 Å². The van der Waals surface area contributed by atoms with Crippen molar-refractivity contribution < 1.29 is 16.8 Å². The molecule has 0 amide bonds. The van der Waals surface area contributed by atoms with E-state index in [-0.39, 0.29) is 6.42 Å². The molecule has 0 atom stereocenters. The van der Waals surface area contributed by atoms with Gasteiger partial charge >= 0.3 is 0 Å². The summed E-state index contributed by atoms with van der Waals surface area (Å²) in [6.07, 6.45) is 1.61. The van der Waals surface area contributed by atoms with E-state index in [0.717, 1.165) is 6.42 Å². The van der Waals surface area contributed by atoms with Crippen LogP contribution in [0.3, 0.4) is 0 Å². The predicted octanol–water partition coefficient (Wildman–Crippen LogP) is 2.15. The van der Waals surface area contributed by atoms with Crippen LogP contribution in [0.5, 0.6) is 0 Å². The van der Waals surface area contributed by atoms with Gasteiger partial charge < -0.3 is 0 Å². The van der Waals surface area contributed by atoms with Gasteiger partial charge in [0.2, 0.25) is 0 Å². The van der Waals surface area contributed by atoms with Gasteiger partial charge in [-0.25, -0.2) is 16.8 Å². The van der Waals surface area contributed by atoms with Crippen molar-refractivity contribution in [1.82, 2.24) is 0 Å². The molecule has 17 heavy (non-hydrogen) atoms. The molecule has 0 aliphatic heterocycles. The van der Waals surface area contributed by atoms with Crippen LogP contribution < -0.4 is 0 Å². The minimum Gasteiger partial charge on any atom is -0.227 e. The molecule has 0 rings (SSSR count). The van der Waals surface area contributed by atoms with E-state index >= 15 is 0 Å². The van der Waals surface area contributed by atoms with Gasteiger partial charge in [-0.2, -0.15) is 0 Å². The first-order chi connectivity index (χ1) is 7.58. The Hall–Kier alpha value is -0.100. The van der Waals surface area contributed by atoms with Crippen LogP contribution in [0.4, 0.5) is 0 Å². The summed E-state index contributed by atoms with van der Waals surface area (Å²) in [6.45, 7) is 8.05. The van der Waals surface area contributed by atoms with E-state index in [1.54, 1.807) is 0 Å². The Labute approximate surface area is 106 Å². The molecule has 0 heterocycles. The lowest BCUT2D eigenvalue weighted by Gasteiger charge is -2.22. The summed E-state index contributed by atoms with van der Waals surface area (Å²) in [6, 6.07) is 0. The highest BCUT2D eigenvalue weighted by Crippen LogP contribution is 2.24. The second-order valence-electron chi connectivity index (χ2n) is 4.85. The molecule has 0 fully saturated rings. The van der Waals surface area contributed by atoms with E-state index in [2.05, 4.69) is 0 Å². The van der Waals surface area contributed by atoms with Crippen LogP contribution in [-0.2, 0) is 19.7 Å². The normalized spacial score (nSPS) is 13.9. The van der Waals surface area contributed by atoms with Crippen molar-refractivity contribution in [3.63, 3.8) is 0 Å². The zero-order valence-corrected chi connectivity index (χ0v) is 12.9. The summed E-state index contributed by atoms with van der Waals surface area (Å²) in [7, 11) is -7.20. The lowest BCUT2D eigenvalue weighted by Crippen LogP contribution is -2.39. The molecule has 0 aliphatic carbocycles. The van der Waals surface area contributed by atoms with E-state index in [1.165, 1.54) is 27.7 Å². The van der Waals surface area contributed by atoms with Crippen LogP contribution in [0.2, 0.25) is 0 Å². The van der Waals surface area contributed by atoms with E-state index in [1.807, 2.05) is 6.92 Å². The third-order valence-electron chi connectivity index (χ3n) is 2.84. The Balaban J connectivity index is 5.46. The molecule has 0 radical (unpaired) electrons. The van der Waals surface area contributed by atoms with Gasteiger partial charge in [0, 0.05) is 0 Å². The molecule has 104 valence electrons.